The highest BCUT2D eigenvalue weighted by Crippen LogP contribution is 2.15. The van der Waals surface area contributed by atoms with Gasteiger partial charge in [0.1, 0.15) is 5.75 Å². The van der Waals surface area contributed by atoms with Crippen molar-refractivity contribution in [1.29, 1.82) is 0 Å². The summed E-state index contributed by atoms with van der Waals surface area (Å²) >= 11 is 0. The summed E-state index contributed by atoms with van der Waals surface area (Å²) in [5.74, 6) is -0.0940. The largest absolute Gasteiger partial charge is 0.481 e. The van der Waals surface area contributed by atoms with Gasteiger partial charge in [-0.15, -0.1) is 0 Å². The quantitative estimate of drug-likeness (QED) is 0.860. The van der Waals surface area contributed by atoms with E-state index in [1.807, 2.05) is 25.1 Å². The molecular formula is C17H18N2O3. The van der Waals surface area contributed by atoms with Crippen molar-refractivity contribution in [3.8, 4) is 5.75 Å². The lowest BCUT2D eigenvalue weighted by Crippen LogP contribution is -2.32. The van der Waals surface area contributed by atoms with Crippen molar-refractivity contribution >= 4 is 17.5 Å². The second-order valence-electron chi connectivity index (χ2n) is 4.76. The van der Waals surface area contributed by atoms with Crippen LogP contribution in [0.2, 0.25) is 0 Å². The van der Waals surface area contributed by atoms with Gasteiger partial charge in [0.2, 0.25) is 5.91 Å². The smallest absolute Gasteiger partial charge is 0.265 e. The van der Waals surface area contributed by atoms with Gasteiger partial charge in [0, 0.05) is 11.3 Å². The lowest BCUT2D eigenvalue weighted by atomic mass is 10.2. The zero-order chi connectivity index (χ0) is 15.9. The maximum Gasteiger partial charge on any atom is 0.265 e. The van der Waals surface area contributed by atoms with Crippen molar-refractivity contribution in [2.75, 3.05) is 5.32 Å². The highest BCUT2D eigenvalue weighted by molar-refractivity contribution is 5.96. The van der Waals surface area contributed by atoms with Crippen LogP contribution in [0.15, 0.2) is 54.6 Å². The first-order valence-electron chi connectivity index (χ1n) is 7.02. The number of hydrogen-bond donors (Lipinski definition) is 2. The third-order valence-electron chi connectivity index (χ3n) is 3.12. The number of nitrogens with two attached hydrogens (primary N) is 1. The van der Waals surface area contributed by atoms with Gasteiger partial charge < -0.3 is 15.8 Å². The Kier molecular flexibility index (Phi) is 5.14. The van der Waals surface area contributed by atoms with Crippen LogP contribution in [-0.4, -0.2) is 17.9 Å². The van der Waals surface area contributed by atoms with Crippen molar-refractivity contribution in [1.82, 2.24) is 0 Å². The molecule has 0 aliphatic rings. The summed E-state index contributed by atoms with van der Waals surface area (Å²) in [5.41, 5.74) is 6.16. The molecule has 3 N–H and O–H groups in total. The number of carbonyl (C=O) groups excluding carboxylic acids is 2. The number of primary amides is 1. The van der Waals surface area contributed by atoms with E-state index in [-0.39, 0.29) is 5.91 Å². The summed E-state index contributed by atoms with van der Waals surface area (Å²) in [6.07, 6.45) is -0.0432. The van der Waals surface area contributed by atoms with Gasteiger partial charge in [-0.2, -0.15) is 0 Å². The van der Waals surface area contributed by atoms with Crippen LogP contribution >= 0.6 is 0 Å². The fourth-order valence-corrected chi connectivity index (χ4v) is 1.93. The number of ether oxygens (including phenoxy) is 1. The molecule has 5 heteroatoms. The molecule has 0 unspecified atom stereocenters. The van der Waals surface area contributed by atoms with Crippen LogP contribution in [0, 0.1) is 0 Å². The number of amides is 2. The highest BCUT2D eigenvalue weighted by atomic mass is 16.5. The second-order valence-corrected chi connectivity index (χ2v) is 4.76. The minimum absolute atomic E-state index is 0.238. The Morgan fingerprint density at radius 2 is 1.73 bits per heavy atom. The first-order valence-corrected chi connectivity index (χ1v) is 7.02. The lowest BCUT2D eigenvalue weighted by Gasteiger charge is -2.17. The van der Waals surface area contributed by atoms with Gasteiger partial charge in [-0.3, -0.25) is 9.59 Å². The minimum atomic E-state index is -0.585. The van der Waals surface area contributed by atoms with Crippen molar-refractivity contribution in [3.05, 3.63) is 60.2 Å². The van der Waals surface area contributed by atoms with Crippen molar-refractivity contribution in [3.63, 3.8) is 0 Å². The van der Waals surface area contributed by atoms with Crippen LogP contribution in [0.25, 0.3) is 0 Å². The zero-order valence-corrected chi connectivity index (χ0v) is 12.3. The summed E-state index contributed by atoms with van der Waals surface area (Å²) in [4.78, 5) is 23.2. The molecule has 0 aliphatic heterocycles. The summed E-state index contributed by atoms with van der Waals surface area (Å²) in [7, 11) is 0. The molecule has 114 valence electrons. The normalized spacial score (nSPS) is 11.5. The number of para-hydroxylation sites is 1. The van der Waals surface area contributed by atoms with Gasteiger partial charge in [0.15, 0.2) is 6.10 Å². The molecule has 2 amide bonds. The number of carbonyl (C=O) groups is 2. The third kappa shape index (κ3) is 4.09. The Bertz CT molecular complexity index is 639. The molecule has 0 saturated carbocycles. The predicted octanol–water partition coefficient (Wildman–Crippen LogP) is 2.58. The molecule has 0 bridgehead atoms. The molecule has 0 aromatic heterocycles. The van der Waals surface area contributed by atoms with Crippen LogP contribution in [-0.2, 0) is 4.79 Å². The van der Waals surface area contributed by atoms with E-state index >= 15 is 0 Å². The SMILES string of the molecule is CC[C@@H](Oc1ccccc1)C(=O)Nc1ccc(C(N)=O)cc1. The Hall–Kier alpha value is -2.82. The topological polar surface area (TPSA) is 81.4 Å². The number of nitrogens with one attached hydrogen (secondary N) is 1. The number of anilines is 1. The number of benzene rings is 2. The first-order chi connectivity index (χ1) is 10.6. The molecule has 1 atom stereocenters. The van der Waals surface area contributed by atoms with Gasteiger partial charge in [-0.05, 0) is 42.8 Å². The van der Waals surface area contributed by atoms with Gasteiger partial charge >= 0.3 is 0 Å². The maximum atomic E-state index is 12.2. The van der Waals surface area contributed by atoms with Crippen LogP contribution in [0.5, 0.6) is 5.75 Å². The summed E-state index contributed by atoms with van der Waals surface area (Å²) in [6, 6.07) is 15.6. The Balaban J connectivity index is 2.01. The molecule has 0 aliphatic carbocycles. The molecule has 2 rings (SSSR count). The molecule has 0 fully saturated rings. The van der Waals surface area contributed by atoms with Gasteiger partial charge in [0.05, 0.1) is 0 Å². The van der Waals surface area contributed by atoms with E-state index in [0.29, 0.717) is 23.4 Å². The molecule has 0 heterocycles. The van der Waals surface area contributed by atoms with E-state index < -0.39 is 12.0 Å². The average Bonchev–Trinajstić information content (AvgIpc) is 2.54. The lowest BCUT2D eigenvalue weighted by molar-refractivity contribution is -0.122. The standard InChI is InChI=1S/C17H18N2O3/c1-2-15(22-14-6-4-3-5-7-14)17(21)19-13-10-8-12(9-11-13)16(18)20/h3-11,15H,2H2,1H3,(H2,18,20)(H,19,21)/t15-/m1/s1. The Morgan fingerprint density at radius 3 is 2.27 bits per heavy atom. The first kappa shape index (κ1) is 15.6. The van der Waals surface area contributed by atoms with E-state index in [1.165, 1.54) is 0 Å². The van der Waals surface area contributed by atoms with Crippen LogP contribution in [0.1, 0.15) is 23.7 Å². The van der Waals surface area contributed by atoms with Crippen molar-refractivity contribution < 1.29 is 14.3 Å². The molecule has 22 heavy (non-hydrogen) atoms. The van der Waals surface area contributed by atoms with E-state index in [9.17, 15) is 9.59 Å². The molecule has 5 nitrogen and oxygen atoms in total. The second kappa shape index (κ2) is 7.26. The van der Waals surface area contributed by atoms with Gasteiger partial charge in [-0.25, -0.2) is 0 Å². The van der Waals surface area contributed by atoms with Gasteiger partial charge in [0.25, 0.3) is 5.91 Å². The Morgan fingerprint density at radius 1 is 1.09 bits per heavy atom. The fraction of sp³-hybridized carbons (Fsp3) is 0.176. The predicted molar refractivity (Wildman–Crippen MR) is 84.7 cm³/mol. The number of rotatable bonds is 6. The van der Waals surface area contributed by atoms with E-state index in [2.05, 4.69) is 5.32 Å². The zero-order valence-electron chi connectivity index (χ0n) is 12.3. The average molecular weight is 298 g/mol. The summed E-state index contributed by atoms with van der Waals surface area (Å²) in [5, 5.41) is 2.76. The molecule has 2 aromatic carbocycles. The van der Waals surface area contributed by atoms with Crippen LogP contribution in [0.3, 0.4) is 0 Å². The molecule has 0 saturated heterocycles. The van der Waals surface area contributed by atoms with E-state index in [1.54, 1.807) is 36.4 Å². The van der Waals surface area contributed by atoms with Crippen molar-refractivity contribution in [2.45, 2.75) is 19.4 Å². The number of hydrogen-bond acceptors (Lipinski definition) is 3. The summed E-state index contributed by atoms with van der Waals surface area (Å²) < 4.78 is 5.67. The van der Waals surface area contributed by atoms with E-state index in [0.717, 1.165) is 0 Å². The Labute approximate surface area is 129 Å². The monoisotopic (exact) mass is 298 g/mol. The minimum Gasteiger partial charge on any atom is -0.481 e. The van der Waals surface area contributed by atoms with Crippen LogP contribution in [0.4, 0.5) is 5.69 Å². The maximum absolute atomic E-state index is 12.2. The summed E-state index contributed by atoms with van der Waals surface area (Å²) in [6.45, 7) is 1.88. The molecule has 0 radical (unpaired) electrons. The van der Waals surface area contributed by atoms with Gasteiger partial charge in [-0.1, -0.05) is 25.1 Å². The molecule has 2 aromatic rings. The fourth-order valence-electron chi connectivity index (χ4n) is 1.93. The molecular weight excluding hydrogens is 280 g/mol. The van der Waals surface area contributed by atoms with E-state index in [4.69, 9.17) is 10.5 Å². The highest BCUT2D eigenvalue weighted by Gasteiger charge is 2.18. The third-order valence-corrected chi connectivity index (χ3v) is 3.12. The molecule has 0 spiro atoms. The van der Waals surface area contributed by atoms with Crippen molar-refractivity contribution in [2.24, 2.45) is 5.73 Å². The van der Waals surface area contributed by atoms with Crippen LogP contribution < -0.4 is 15.8 Å².